The number of phenols is 1. The molecular weight excluding hydrogens is 686 g/mol. The van der Waals surface area contributed by atoms with Crippen LogP contribution in [0.3, 0.4) is 0 Å². The molecule has 6 rings (SSSR count). The van der Waals surface area contributed by atoms with E-state index >= 15 is 0 Å². The second-order valence-corrected chi connectivity index (χ2v) is 13.3. The van der Waals surface area contributed by atoms with Crippen molar-refractivity contribution in [3.8, 4) is 23.1 Å². The average molecular weight is 732 g/mol. The normalized spacial score (nSPS) is 15.5. The van der Waals surface area contributed by atoms with Gasteiger partial charge in [0.15, 0.2) is 18.2 Å². The molecule has 0 aliphatic heterocycles. The molecule has 0 amide bonds. The quantitative estimate of drug-likeness (QED) is 0.0672. The van der Waals surface area contributed by atoms with E-state index in [1.807, 2.05) is 6.07 Å². The highest BCUT2D eigenvalue weighted by atomic mass is 16.8. The van der Waals surface area contributed by atoms with E-state index in [1.165, 1.54) is 20.1 Å². The number of methoxy groups -OCH3 is 1. The van der Waals surface area contributed by atoms with Gasteiger partial charge in [-0.15, -0.1) is 0 Å². The number of carbonyl (C=O) groups is 3. The van der Waals surface area contributed by atoms with Gasteiger partial charge in [-0.1, -0.05) is 12.5 Å². The number of aryl methyl sites for hydroxylation is 1. The molecule has 2 fully saturated rings. The van der Waals surface area contributed by atoms with Crippen molar-refractivity contribution in [2.24, 2.45) is 0 Å². The summed E-state index contributed by atoms with van der Waals surface area (Å²) in [6.07, 6.45) is 6.73. The van der Waals surface area contributed by atoms with Crippen LogP contribution in [-0.4, -0.2) is 60.6 Å². The lowest BCUT2D eigenvalue weighted by molar-refractivity contribution is -0.169. The van der Waals surface area contributed by atoms with Gasteiger partial charge in [0, 0.05) is 32.1 Å². The molecule has 1 atom stereocenters. The maximum Gasteiger partial charge on any atom is 0.511 e. The summed E-state index contributed by atoms with van der Waals surface area (Å²) in [5.41, 5.74) is 2.22. The molecule has 0 radical (unpaired) electrons. The van der Waals surface area contributed by atoms with Crippen LogP contribution in [-0.2, 0) is 36.8 Å². The topological polar surface area (TPSA) is 162 Å². The molecule has 2 aliphatic carbocycles. The summed E-state index contributed by atoms with van der Waals surface area (Å²) in [4.78, 5) is 38.8. The van der Waals surface area contributed by atoms with E-state index in [-0.39, 0.29) is 55.3 Å². The van der Waals surface area contributed by atoms with Gasteiger partial charge in [-0.25, -0.2) is 4.79 Å². The van der Waals surface area contributed by atoms with E-state index in [9.17, 15) is 19.5 Å². The first kappa shape index (κ1) is 37.5. The van der Waals surface area contributed by atoms with E-state index in [4.69, 9.17) is 37.7 Å². The van der Waals surface area contributed by atoms with Crippen LogP contribution < -0.4 is 14.2 Å². The third-order valence-corrected chi connectivity index (χ3v) is 9.33. The first-order chi connectivity index (χ1) is 25.7. The van der Waals surface area contributed by atoms with Gasteiger partial charge in [-0.2, -0.15) is 0 Å². The van der Waals surface area contributed by atoms with Gasteiger partial charge in [0.25, 0.3) is 5.88 Å². The zero-order chi connectivity index (χ0) is 37.2. The Morgan fingerprint density at radius 3 is 2.43 bits per heavy atom. The smallest absolute Gasteiger partial charge is 0.507 e. The van der Waals surface area contributed by atoms with Crippen LogP contribution in [0.2, 0.25) is 0 Å². The molecule has 3 aromatic carbocycles. The molecule has 4 aromatic rings. The summed E-state index contributed by atoms with van der Waals surface area (Å²) < 4.78 is 43.8. The van der Waals surface area contributed by atoms with Crippen molar-refractivity contribution in [3.63, 3.8) is 0 Å². The molecule has 53 heavy (non-hydrogen) atoms. The summed E-state index contributed by atoms with van der Waals surface area (Å²) >= 11 is 0. The van der Waals surface area contributed by atoms with Gasteiger partial charge in [-0.05, 0) is 117 Å². The zero-order valence-corrected chi connectivity index (χ0v) is 30.0. The van der Waals surface area contributed by atoms with Crippen LogP contribution in [0.4, 0.5) is 4.79 Å². The number of carbonyl (C=O) groups excluding carboxylic acids is 3. The van der Waals surface area contributed by atoms with Gasteiger partial charge in [0.1, 0.15) is 30.0 Å². The average Bonchev–Trinajstić information content (AvgIpc) is 3.82. The van der Waals surface area contributed by atoms with Crippen LogP contribution in [0.25, 0.3) is 11.0 Å². The number of hydrogen-bond donors (Lipinski definition) is 1. The van der Waals surface area contributed by atoms with Crippen molar-refractivity contribution in [1.29, 1.82) is 0 Å². The van der Waals surface area contributed by atoms with Crippen molar-refractivity contribution >= 4 is 28.9 Å². The van der Waals surface area contributed by atoms with Gasteiger partial charge in [-0.3, -0.25) is 9.59 Å². The lowest BCUT2D eigenvalue weighted by Crippen LogP contribution is -2.26. The zero-order valence-electron chi connectivity index (χ0n) is 30.0. The van der Waals surface area contributed by atoms with Crippen LogP contribution >= 0.6 is 0 Å². The third-order valence-electron chi connectivity index (χ3n) is 9.33. The number of ether oxygens (including phenoxy) is 7. The van der Waals surface area contributed by atoms with Crippen molar-refractivity contribution in [1.82, 2.24) is 5.16 Å². The molecule has 13 heteroatoms. The number of esters is 1. The fourth-order valence-corrected chi connectivity index (χ4v) is 6.60. The number of phenolic OH excluding ortho intramolecular Hbond substituents is 1. The molecule has 1 heterocycles. The molecule has 0 bridgehead atoms. The Morgan fingerprint density at radius 2 is 1.66 bits per heavy atom. The maximum atomic E-state index is 13.7. The van der Waals surface area contributed by atoms with E-state index in [1.54, 1.807) is 42.5 Å². The highest BCUT2D eigenvalue weighted by molar-refractivity contribution is 6.11. The Labute approximate surface area is 307 Å². The predicted molar refractivity (Wildman–Crippen MR) is 190 cm³/mol. The van der Waals surface area contributed by atoms with E-state index in [2.05, 4.69) is 5.16 Å². The molecule has 1 aromatic heterocycles. The van der Waals surface area contributed by atoms with Crippen molar-refractivity contribution in [2.45, 2.75) is 103 Å². The Hall–Kier alpha value is -5.30. The molecule has 282 valence electrons. The van der Waals surface area contributed by atoms with Gasteiger partial charge < -0.3 is 42.8 Å². The summed E-state index contributed by atoms with van der Waals surface area (Å²) in [5, 5.41) is 15.4. The van der Waals surface area contributed by atoms with Crippen molar-refractivity contribution in [2.75, 3.05) is 13.9 Å². The fourth-order valence-electron chi connectivity index (χ4n) is 6.60. The summed E-state index contributed by atoms with van der Waals surface area (Å²) in [6, 6.07) is 15.0. The molecule has 13 nitrogen and oxygen atoms in total. The number of fused-ring (bicyclic) bond motifs is 1. The highest BCUT2D eigenvalue weighted by Crippen LogP contribution is 2.32. The number of nitrogens with zero attached hydrogens (tertiary/aromatic N) is 1. The van der Waals surface area contributed by atoms with E-state index in [0.29, 0.717) is 33.9 Å². The largest absolute Gasteiger partial charge is 0.511 e. The van der Waals surface area contributed by atoms with Crippen LogP contribution in [0, 0.1) is 0 Å². The van der Waals surface area contributed by atoms with Crippen molar-refractivity contribution in [3.05, 3.63) is 76.9 Å². The minimum atomic E-state index is -1.16. The van der Waals surface area contributed by atoms with E-state index < -0.39 is 24.2 Å². The minimum Gasteiger partial charge on any atom is -0.507 e. The molecule has 1 unspecified atom stereocenters. The summed E-state index contributed by atoms with van der Waals surface area (Å²) in [7, 11) is 1.51. The first-order valence-electron chi connectivity index (χ1n) is 18.1. The number of rotatable bonds is 16. The fraction of sp³-hybridized carbons (Fsp3) is 0.450. The Bertz CT molecular complexity index is 1870. The summed E-state index contributed by atoms with van der Waals surface area (Å²) in [5.74, 6) is 0.0317. The first-order valence-corrected chi connectivity index (χ1v) is 18.1. The molecule has 1 N–H and O–H groups in total. The number of hydrogen-bond acceptors (Lipinski definition) is 13. The third kappa shape index (κ3) is 10.2. The molecule has 0 spiro atoms. The highest BCUT2D eigenvalue weighted by Gasteiger charge is 2.23. The van der Waals surface area contributed by atoms with Crippen LogP contribution in [0.1, 0.15) is 98.2 Å². The Kier molecular flexibility index (Phi) is 12.7. The molecule has 2 aliphatic rings. The number of ketones is 1. The van der Waals surface area contributed by atoms with Gasteiger partial charge in [0.05, 0.1) is 17.1 Å². The SMILES string of the molecule is COCOc1noc2cc(COc3ccc(C(=O)c4ccc(OC5CCCC5)cc4O)cc3CCC(=O)OC(C)OC(=O)OC3CCCCC3)ccc12. The monoisotopic (exact) mass is 731 g/mol. The van der Waals surface area contributed by atoms with Crippen molar-refractivity contribution < 1.29 is 57.2 Å². The molecule has 0 saturated heterocycles. The Balaban J connectivity index is 1.14. The van der Waals surface area contributed by atoms with Gasteiger partial charge >= 0.3 is 12.1 Å². The second kappa shape index (κ2) is 18.0. The molecular formula is C40H45NO12. The summed E-state index contributed by atoms with van der Waals surface area (Å²) in [6.45, 7) is 1.61. The Morgan fingerprint density at radius 1 is 0.887 bits per heavy atom. The predicted octanol–water partition coefficient (Wildman–Crippen LogP) is 7.96. The van der Waals surface area contributed by atoms with Crippen LogP contribution in [0.15, 0.2) is 59.1 Å². The maximum absolute atomic E-state index is 13.7. The van der Waals surface area contributed by atoms with Gasteiger partial charge in [0.2, 0.25) is 6.29 Å². The number of aromatic hydroxyl groups is 1. The second-order valence-electron chi connectivity index (χ2n) is 13.3. The molecule has 2 saturated carbocycles. The standard InChI is InChI=1S/C40H45NO12/c1-25(50-40(45)52-30-8-4-3-5-9-30)49-37(43)19-14-27-21-28(38(44)32-17-15-31(22-34(32)42)51-29-10-6-7-11-29)13-18-35(27)47-23-26-12-16-33-36(20-26)53-41-39(33)48-24-46-2/h12-13,15-18,20-22,25,29-30,42H,3-11,14,19,23-24H2,1-2H3. The number of benzene rings is 3. The van der Waals surface area contributed by atoms with E-state index in [0.717, 1.165) is 63.4 Å². The number of aromatic nitrogens is 1. The van der Waals surface area contributed by atoms with Crippen LogP contribution in [0.5, 0.6) is 23.1 Å². The lowest BCUT2D eigenvalue weighted by Gasteiger charge is -2.22. The lowest BCUT2D eigenvalue weighted by atomic mass is 9.98. The minimum absolute atomic E-state index is 0.0277.